The van der Waals surface area contributed by atoms with E-state index in [4.69, 9.17) is 4.42 Å². The van der Waals surface area contributed by atoms with Gasteiger partial charge in [0.25, 0.3) is 0 Å². The predicted octanol–water partition coefficient (Wildman–Crippen LogP) is 4.77. The molecule has 0 aromatic carbocycles. The molecule has 3 rings (SSSR count). The molecule has 0 aliphatic heterocycles. The van der Waals surface area contributed by atoms with Crippen LogP contribution in [0.4, 0.5) is 0 Å². The Morgan fingerprint density at radius 1 is 1.33 bits per heavy atom. The Bertz CT molecular complexity index is 904. The molecular formula is C23H28O. The van der Waals surface area contributed by atoms with Crippen LogP contribution >= 0.6 is 0 Å². The lowest BCUT2D eigenvalue weighted by atomic mass is 9.80. The second-order valence-corrected chi connectivity index (χ2v) is 7.67. The van der Waals surface area contributed by atoms with Crippen LogP contribution in [0.3, 0.4) is 0 Å². The van der Waals surface area contributed by atoms with E-state index in [-0.39, 0.29) is 0 Å². The van der Waals surface area contributed by atoms with E-state index in [2.05, 4.69) is 66.0 Å². The third kappa shape index (κ3) is 2.78. The van der Waals surface area contributed by atoms with Crippen molar-refractivity contribution in [3.05, 3.63) is 57.1 Å². The van der Waals surface area contributed by atoms with Gasteiger partial charge in [-0.1, -0.05) is 51.5 Å². The Hall–Kier alpha value is -1.98. The van der Waals surface area contributed by atoms with Crippen molar-refractivity contribution in [3.63, 3.8) is 0 Å². The van der Waals surface area contributed by atoms with Crippen LogP contribution in [0.5, 0.6) is 0 Å². The van der Waals surface area contributed by atoms with Crippen LogP contribution in [0.1, 0.15) is 52.9 Å². The molecule has 2 aliphatic carbocycles. The molecule has 0 spiro atoms. The molecule has 0 saturated heterocycles. The summed E-state index contributed by atoms with van der Waals surface area (Å²) in [6.45, 7) is 17.2. The van der Waals surface area contributed by atoms with Gasteiger partial charge >= 0.3 is 0 Å². The molecule has 2 unspecified atom stereocenters. The lowest BCUT2D eigenvalue weighted by molar-refractivity contribution is 0.503. The van der Waals surface area contributed by atoms with Crippen LogP contribution in [-0.2, 0) is 6.42 Å². The number of rotatable bonds is 4. The molecule has 0 saturated carbocycles. The minimum atomic E-state index is 0.404. The average Bonchev–Trinajstić information content (AvgIpc) is 3.08. The van der Waals surface area contributed by atoms with E-state index >= 15 is 0 Å². The molecule has 1 heteroatoms. The fraction of sp³-hybridized carbons (Fsp3) is 0.435. The van der Waals surface area contributed by atoms with E-state index < -0.39 is 0 Å². The predicted molar refractivity (Wildman–Crippen MR) is 103 cm³/mol. The summed E-state index contributed by atoms with van der Waals surface area (Å²) in [4.78, 5) is 0. The van der Waals surface area contributed by atoms with Crippen LogP contribution < -0.4 is 10.6 Å². The summed E-state index contributed by atoms with van der Waals surface area (Å²) >= 11 is 0. The summed E-state index contributed by atoms with van der Waals surface area (Å²) in [6.07, 6.45) is 7.55. The van der Waals surface area contributed by atoms with Gasteiger partial charge in [0.1, 0.15) is 11.2 Å². The minimum Gasteiger partial charge on any atom is -0.456 e. The lowest BCUT2D eigenvalue weighted by Gasteiger charge is -2.24. The number of allylic oxidation sites excluding steroid dienone is 4. The highest BCUT2D eigenvalue weighted by Gasteiger charge is 2.27. The van der Waals surface area contributed by atoms with Gasteiger partial charge in [-0.2, -0.15) is 0 Å². The normalized spacial score (nSPS) is 21.9. The van der Waals surface area contributed by atoms with Crippen LogP contribution in [0.15, 0.2) is 39.5 Å². The monoisotopic (exact) mass is 320 g/mol. The van der Waals surface area contributed by atoms with E-state index in [1.54, 1.807) is 0 Å². The molecule has 0 bridgehead atoms. The maximum atomic E-state index is 6.34. The highest BCUT2D eigenvalue weighted by molar-refractivity contribution is 5.68. The largest absolute Gasteiger partial charge is 0.456 e. The van der Waals surface area contributed by atoms with E-state index in [0.29, 0.717) is 17.8 Å². The minimum absolute atomic E-state index is 0.404. The van der Waals surface area contributed by atoms with Gasteiger partial charge in [0.05, 0.1) is 0 Å². The van der Waals surface area contributed by atoms with Crippen LogP contribution in [0.25, 0.3) is 17.7 Å². The average molecular weight is 320 g/mol. The molecular weight excluding hydrogens is 292 g/mol. The lowest BCUT2D eigenvalue weighted by Crippen LogP contribution is -2.34. The number of furan rings is 1. The molecule has 2 aliphatic rings. The summed E-state index contributed by atoms with van der Waals surface area (Å²) in [5.74, 6) is 2.42. The second-order valence-electron chi connectivity index (χ2n) is 7.67. The summed E-state index contributed by atoms with van der Waals surface area (Å²) in [5.41, 5.74) is 11.0. The maximum absolute atomic E-state index is 6.34. The fourth-order valence-corrected chi connectivity index (χ4v) is 3.94. The van der Waals surface area contributed by atoms with Gasteiger partial charge in [0, 0.05) is 22.8 Å². The van der Waals surface area contributed by atoms with Gasteiger partial charge in [-0.05, 0) is 49.3 Å². The van der Waals surface area contributed by atoms with Crippen LogP contribution in [0.2, 0.25) is 0 Å². The van der Waals surface area contributed by atoms with Crippen molar-refractivity contribution >= 4 is 17.7 Å². The van der Waals surface area contributed by atoms with Crippen molar-refractivity contribution in [2.75, 3.05) is 0 Å². The summed E-state index contributed by atoms with van der Waals surface area (Å²) in [7, 11) is 0. The molecule has 0 radical (unpaired) electrons. The number of hydrogen-bond acceptors (Lipinski definition) is 1. The van der Waals surface area contributed by atoms with Gasteiger partial charge < -0.3 is 4.42 Å². The van der Waals surface area contributed by atoms with E-state index in [0.717, 1.165) is 17.6 Å². The van der Waals surface area contributed by atoms with E-state index in [1.165, 1.54) is 33.1 Å². The Balaban J connectivity index is 2.35. The molecule has 126 valence electrons. The van der Waals surface area contributed by atoms with E-state index in [1.807, 2.05) is 6.08 Å². The van der Waals surface area contributed by atoms with Crippen molar-refractivity contribution in [2.45, 2.75) is 48.0 Å². The molecule has 0 fully saturated rings. The van der Waals surface area contributed by atoms with Crippen molar-refractivity contribution in [3.8, 4) is 0 Å². The van der Waals surface area contributed by atoms with Crippen molar-refractivity contribution in [2.24, 2.45) is 17.8 Å². The molecule has 2 atom stereocenters. The summed E-state index contributed by atoms with van der Waals surface area (Å²) in [5, 5.41) is 1.27. The first kappa shape index (κ1) is 16.9. The van der Waals surface area contributed by atoms with Gasteiger partial charge in [-0.25, -0.2) is 0 Å². The summed E-state index contributed by atoms with van der Waals surface area (Å²) in [6, 6.07) is 0. The van der Waals surface area contributed by atoms with Gasteiger partial charge in [-0.3, -0.25) is 0 Å². The van der Waals surface area contributed by atoms with E-state index in [9.17, 15) is 0 Å². The van der Waals surface area contributed by atoms with Gasteiger partial charge in [0.2, 0.25) is 0 Å². The highest BCUT2D eigenvalue weighted by atomic mass is 16.3. The maximum Gasteiger partial charge on any atom is 0.139 e. The van der Waals surface area contributed by atoms with Crippen molar-refractivity contribution in [1.82, 2.24) is 0 Å². The number of hydrogen-bond donors (Lipinski definition) is 0. The Labute approximate surface area is 145 Å². The zero-order valence-corrected chi connectivity index (χ0v) is 15.8. The second kappa shape index (κ2) is 6.15. The number of fused-ring (bicyclic) bond motifs is 1. The SMILES string of the molecule is C=C=Cc1oc2c(c1CC1=CC1C)=CC(=C(C)C)C(C)C=2C(C)C. The third-order valence-corrected chi connectivity index (χ3v) is 5.33. The highest BCUT2D eigenvalue weighted by Crippen LogP contribution is 2.34. The third-order valence-electron chi connectivity index (χ3n) is 5.33. The van der Waals surface area contributed by atoms with Gasteiger partial charge in [0.15, 0.2) is 0 Å². The topological polar surface area (TPSA) is 13.1 Å². The molecule has 1 aromatic heterocycles. The molecule has 1 aromatic rings. The zero-order chi connectivity index (χ0) is 17.6. The van der Waals surface area contributed by atoms with Gasteiger partial charge in [-0.15, -0.1) is 5.73 Å². The molecule has 1 heterocycles. The Morgan fingerprint density at radius 3 is 2.50 bits per heavy atom. The first-order valence-corrected chi connectivity index (χ1v) is 8.96. The first-order chi connectivity index (χ1) is 11.3. The quantitative estimate of drug-likeness (QED) is 0.575. The first-order valence-electron chi connectivity index (χ1n) is 8.96. The smallest absolute Gasteiger partial charge is 0.139 e. The Morgan fingerprint density at radius 2 is 2.00 bits per heavy atom. The molecule has 1 nitrogen and oxygen atoms in total. The summed E-state index contributed by atoms with van der Waals surface area (Å²) < 4.78 is 6.34. The fourth-order valence-electron chi connectivity index (χ4n) is 3.94. The van der Waals surface area contributed by atoms with Crippen LogP contribution in [-0.4, -0.2) is 0 Å². The van der Waals surface area contributed by atoms with Crippen molar-refractivity contribution in [1.29, 1.82) is 0 Å². The zero-order valence-electron chi connectivity index (χ0n) is 15.8. The van der Waals surface area contributed by atoms with Crippen molar-refractivity contribution < 1.29 is 4.42 Å². The molecule has 0 N–H and O–H groups in total. The standard InChI is InChI=1S/C23H28O/c1-8-9-21-19(11-17-10-15(17)6)20-12-18(13(2)3)16(7)22(14(4)5)23(20)24-21/h9-10,12,14-16H,1,11H2,2-7H3. The Kier molecular flexibility index (Phi) is 4.32. The molecule has 0 amide bonds. The molecule has 24 heavy (non-hydrogen) atoms. The van der Waals surface area contributed by atoms with Crippen LogP contribution in [0, 0.1) is 17.8 Å².